The van der Waals surface area contributed by atoms with E-state index in [1.807, 2.05) is 31.2 Å². The molecule has 0 spiro atoms. The number of halogens is 3. The second kappa shape index (κ2) is 6.20. The molecule has 0 heterocycles. The summed E-state index contributed by atoms with van der Waals surface area (Å²) in [5, 5.41) is 0. The average Bonchev–Trinajstić information content (AvgIpc) is 2.27. The van der Waals surface area contributed by atoms with E-state index in [1.165, 1.54) is 11.9 Å². The maximum absolute atomic E-state index is 12.9. The molecule has 0 radical (unpaired) electrons. The predicted molar refractivity (Wildman–Crippen MR) is 66.2 cm³/mol. The number of alkyl halides is 3. The zero-order valence-corrected chi connectivity index (χ0v) is 10.7. The van der Waals surface area contributed by atoms with E-state index in [-0.39, 0.29) is 19.5 Å². The van der Waals surface area contributed by atoms with Gasteiger partial charge in [-0.05, 0) is 38.1 Å². The molecule has 1 atom stereocenters. The highest BCUT2D eigenvalue weighted by Gasteiger charge is 2.41. The van der Waals surface area contributed by atoms with Crippen LogP contribution >= 0.6 is 0 Å². The standard InChI is InChI=1S/C13H19F3N2/c1-10-5-3-4-6-11(10)9-18(2)12(7-8-17)13(14,15)16/h3-6,12H,7-9,17H2,1-2H3. The number of nitrogens with zero attached hydrogens (tertiary/aromatic N) is 1. The average molecular weight is 260 g/mol. The molecule has 0 aliphatic carbocycles. The lowest BCUT2D eigenvalue weighted by molar-refractivity contribution is -0.182. The second-order valence-electron chi connectivity index (χ2n) is 4.48. The third kappa shape index (κ3) is 3.99. The predicted octanol–water partition coefficient (Wildman–Crippen LogP) is 2.71. The number of nitrogens with two attached hydrogens (primary N) is 1. The van der Waals surface area contributed by atoms with Crippen LogP contribution in [0.15, 0.2) is 24.3 Å². The van der Waals surface area contributed by atoms with Crippen LogP contribution in [0.1, 0.15) is 17.5 Å². The Labute approximate surface area is 106 Å². The molecule has 0 saturated heterocycles. The summed E-state index contributed by atoms with van der Waals surface area (Å²) in [4.78, 5) is 1.31. The SMILES string of the molecule is Cc1ccccc1CN(C)C(CCN)C(F)(F)F. The molecule has 0 saturated carbocycles. The van der Waals surface area contributed by atoms with Crippen LogP contribution in [0.2, 0.25) is 0 Å². The maximum atomic E-state index is 12.9. The second-order valence-corrected chi connectivity index (χ2v) is 4.48. The van der Waals surface area contributed by atoms with Gasteiger partial charge in [-0.3, -0.25) is 4.90 Å². The molecule has 102 valence electrons. The van der Waals surface area contributed by atoms with Gasteiger partial charge in [0.1, 0.15) is 6.04 Å². The summed E-state index contributed by atoms with van der Waals surface area (Å²) in [6, 6.07) is 5.97. The summed E-state index contributed by atoms with van der Waals surface area (Å²) in [6.07, 6.45) is -4.32. The third-order valence-corrected chi connectivity index (χ3v) is 3.03. The van der Waals surface area contributed by atoms with Crippen molar-refractivity contribution in [2.45, 2.75) is 32.1 Å². The molecule has 2 N–H and O–H groups in total. The van der Waals surface area contributed by atoms with Gasteiger partial charge in [-0.2, -0.15) is 13.2 Å². The Morgan fingerprint density at radius 1 is 1.28 bits per heavy atom. The van der Waals surface area contributed by atoms with Crippen molar-refractivity contribution in [2.24, 2.45) is 5.73 Å². The molecule has 0 aromatic heterocycles. The van der Waals surface area contributed by atoms with Crippen molar-refractivity contribution in [3.63, 3.8) is 0 Å². The van der Waals surface area contributed by atoms with Crippen LogP contribution in [-0.4, -0.2) is 30.7 Å². The lowest BCUT2D eigenvalue weighted by Crippen LogP contribution is -2.44. The quantitative estimate of drug-likeness (QED) is 0.882. The highest BCUT2D eigenvalue weighted by Crippen LogP contribution is 2.27. The Kier molecular flexibility index (Phi) is 5.16. The van der Waals surface area contributed by atoms with Gasteiger partial charge in [0.15, 0.2) is 0 Å². The van der Waals surface area contributed by atoms with Gasteiger partial charge >= 0.3 is 6.18 Å². The van der Waals surface area contributed by atoms with Crippen molar-refractivity contribution in [2.75, 3.05) is 13.6 Å². The lowest BCUT2D eigenvalue weighted by Gasteiger charge is -2.30. The third-order valence-electron chi connectivity index (χ3n) is 3.03. The van der Waals surface area contributed by atoms with Crippen molar-refractivity contribution < 1.29 is 13.2 Å². The van der Waals surface area contributed by atoms with E-state index in [1.54, 1.807) is 0 Å². The topological polar surface area (TPSA) is 29.3 Å². The molecule has 1 unspecified atom stereocenters. The fraction of sp³-hybridized carbons (Fsp3) is 0.538. The number of benzene rings is 1. The minimum Gasteiger partial charge on any atom is -0.330 e. The number of aryl methyl sites for hydroxylation is 1. The molecular weight excluding hydrogens is 241 g/mol. The van der Waals surface area contributed by atoms with Gasteiger partial charge in [0.05, 0.1) is 0 Å². The van der Waals surface area contributed by atoms with Crippen molar-refractivity contribution in [3.05, 3.63) is 35.4 Å². The molecule has 1 aromatic rings. The molecular formula is C13H19F3N2. The molecule has 0 amide bonds. The van der Waals surface area contributed by atoms with E-state index in [0.717, 1.165) is 11.1 Å². The van der Waals surface area contributed by atoms with E-state index in [0.29, 0.717) is 0 Å². The summed E-state index contributed by atoms with van der Waals surface area (Å²) >= 11 is 0. The largest absolute Gasteiger partial charge is 0.404 e. The Balaban J connectivity index is 2.79. The highest BCUT2D eigenvalue weighted by molar-refractivity contribution is 5.25. The van der Waals surface area contributed by atoms with Gasteiger partial charge < -0.3 is 5.73 Å². The molecule has 0 bridgehead atoms. The minimum absolute atomic E-state index is 0.0300. The minimum atomic E-state index is -4.24. The van der Waals surface area contributed by atoms with E-state index in [4.69, 9.17) is 5.73 Å². The lowest BCUT2D eigenvalue weighted by atomic mass is 10.1. The van der Waals surface area contributed by atoms with Crippen molar-refractivity contribution in [3.8, 4) is 0 Å². The number of rotatable bonds is 5. The van der Waals surface area contributed by atoms with E-state index in [2.05, 4.69) is 0 Å². The van der Waals surface area contributed by atoms with Crippen molar-refractivity contribution in [1.82, 2.24) is 4.90 Å². The highest BCUT2D eigenvalue weighted by atomic mass is 19.4. The Morgan fingerprint density at radius 3 is 2.39 bits per heavy atom. The summed E-state index contributed by atoms with van der Waals surface area (Å²) in [7, 11) is 1.49. The zero-order valence-electron chi connectivity index (χ0n) is 10.7. The number of hydrogen-bond acceptors (Lipinski definition) is 2. The van der Waals surface area contributed by atoms with Crippen LogP contribution < -0.4 is 5.73 Å². The molecule has 0 aliphatic heterocycles. The molecule has 2 nitrogen and oxygen atoms in total. The normalized spacial score (nSPS) is 13.9. The fourth-order valence-corrected chi connectivity index (χ4v) is 1.96. The van der Waals surface area contributed by atoms with E-state index in [9.17, 15) is 13.2 Å². The molecule has 18 heavy (non-hydrogen) atoms. The van der Waals surface area contributed by atoms with Gasteiger partial charge in [-0.1, -0.05) is 24.3 Å². The van der Waals surface area contributed by atoms with Gasteiger partial charge in [-0.25, -0.2) is 0 Å². The first-order valence-corrected chi connectivity index (χ1v) is 5.87. The Bertz CT molecular complexity index is 377. The summed E-state index contributed by atoms with van der Waals surface area (Å²) in [5.74, 6) is 0. The van der Waals surface area contributed by atoms with Crippen LogP contribution in [0.3, 0.4) is 0 Å². The molecule has 5 heteroatoms. The van der Waals surface area contributed by atoms with Gasteiger partial charge in [0, 0.05) is 6.54 Å². The molecule has 0 aliphatic rings. The van der Waals surface area contributed by atoms with E-state index < -0.39 is 12.2 Å². The van der Waals surface area contributed by atoms with Crippen LogP contribution in [0, 0.1) is 6.92 Å². The van der Waals surface area contributed by atoms with Gasteiger partial charge in [0.25, 0.3) is 0 Å². The molecule has 1 aromatic carbocycles. The first kappa shape index (κ1) is 15.0. The smallest absolute Gasteiger partial charge is 0.330 e. The van der Waals surface area contributed by atoms with Crippen molar-refractivity contribution >= 4 is 0 Å². The van der Waals surface area contributed by atoms with Crippen LogP contribution in [0.4, 0.5) is 13.2 Å². The fourth-order valence-electron chi connectivity index (χ4n) is 1.96. The van der Waals surface area contributed by atoms with Crippen molar-refractivity contribution in [1.29, 1.82) is 0 Å². The summed E-state index contributed by atoms with van der Waals surface area (Å²) < 4.78 is 38.6. The maximum Gasteiger partial charge on any atom is 0.404 e. The van der Waals surface area contributed by atoms with E-state index >= 15 is 0 Å². The van der Waals surface area contributed by atoms with Gasteiger partial charge in [0.2, 0.25) is 0 Å². The van der Waals surface area contributed by atoms with Crippen LogP contribution in [0.5, 0.6) is 0 Å². The molecule has 0 fully saturated rings. The van der Waals surface area contributed by atoms with Crippen LogP contribution in [0.25, 0.3) is 0 Å². The summed E-state index contributed by atoms with van der Waals surface area (Å²) in [6.45, 7) is 2.20. The Hall–Kier alpha value is -1.07. The first-order chi connectivity index (χ1) is 8.36. The Morgan fingerprint density at radius 2 is 1.89 bits per heavy atom. The summed E-state index contributed by atoms with van der Waals surface area (Å²) in [5.41, 5.74) is 7.17. The van der Waals surface area contributed by atoms with Gasteiger partial charge in [-0.15, -0.1) is 0 Å². The monoisotopic (exact) mass is 260 g/mol. The molecule has 1 rings (SSSR count). The first-order valence-electron chi connectivity index (χ1n) is 5.87. The zero-order chi connectivity index (χ0) is 13.8. The number of hydrogen-bond donors (Lipinski definition) is 1. The van der Waals surface area contributed by atoms with Crippen LogP contribution in [-0.2, 0) is 6.54 Å².